The minimum Gasteiger partial charge on any atom is -0.306 e. The number of hydrogen-bond acceptors (Lipinski definition) is 3. The van der Waals surface area contributed by atoms with Crippen molar-refractivity contribution in [2.75, 3.05) is 19.6 Å². The van der Waals surface area contributed by atoms with Crippen LogP contribution in [0.1, 0.15) is 37.6 Å². The van der Waals surface area contributed by atoms with Crippen molar-refractivity contribution in [3.05, 3.63) is 35.2 Å². The normalized spacial score (nSPS) is 19.5. The van der Waals surface area contributed by atoms with Crippen LogP contribution in [-0.2, 0) is 0 Å². The van der Waals surface area contributed by atoms with E-state index in [1.165, 1.54) is 47.4 Å². The molecule has 20 heavy (non-hydrogen) atoms. The Labute approximate surface area is 125 Å². The van der Waals surface area contributed by atoms with Crippen LogP contribution in [0, 0.1) is 0 Å². The predicted molar refractivity (Wildman–Crippen MR) is 88.5 cm³/mol. The van der Waals surface area contributed by atoms with Gasteiger partial charge in [-0.3, -0.25) is 0 Å². The minimum atomic E-state index is 0.435. The molecular formula is C17H24N2S. The van der Waals surface area contributed by atoms with Gasteiger partial charge in [0, 0.05) is 28.2 Å². The first kappa shape index (κ1) is 14.1. The van der Waals surface area contributed by atoms with Gasteiger partial charge in [-0.15, -0.1) is 11.3 Å². The van der Waals surface area contributed by atoms with E-state index >= 15 is 0 Å². The highest BCUT2D eigenvalue weighted by Crippen LogP contribution is 2.29. The van der Waals surface area contributed by atoms with Crippen molar-refractivity contribution in [3.63, 3.8) is 0 Å². The predicted octanol–water partition coefficient (Wildman–Crippen LogP) is 4.04. The van der Waals surface area contributed by atoms with Crippen LogP contribution < -0.4 is 5.32 Å². The number of fused-ring (bicyclic) bond motifs is 1. The highest BCUT2D eigenvalue weighted by atomic mass is 32.1. The Bertz CT molecular complexity index is 524. The van der Waals surface area contributed by atoms with E-state index in [1.807, 2.05) is 11.3 Å². The van der Waals surface area contributed by atoms with Gasteiger partial charge in [-0.1, -0.05) is 18.2 Å². The zero-order chi connectivity index (χ0) is 13.9. The molecule has 1 saturated heterocycles. The Morgan fingerprint density at radius 2 is 1.95 bits per heavy atom. The van der Waals surface area contributed by atoms with Crippen molar-refractivity contribution in [1.82, 2.24) is 10.2 Å². The molecule has 0 amide bonds. The standard InChI is InChI=1S/C17H24N2S/c1-13(12-19-9-5-6-10-19)18-14(2)17-11-15-7-3-4-8-16(15)20-17/h3-4,7-8,11,13-14,18H,5-6,9-10,12H2,1-2H3. The van der Waals surface area contributed by atoms with Crippen LogP contribution >= 0.6 is 11.3 Å². The second kappa shape index (κ2) is 6.25. The molecule has 1 N–H and O–H groups in total. The summed E-state index contributed by atoms with van der Waals surface area (Å²) in [5.41, 5.74) is 0. The van der Waals surface area contributed by atoms with Gasteiger partial charge in [0.1, 0.15) is 0 Å². The lowest BCUT2D eigenvalue weighted by atomic mass is 10.2. The summed E-state index contributed by atoms with van der Waals surface area (Å²) in [6.07, 6.45) is 2.75. The van der Waals surface area contributed by atoms with Crippen molar-refractivity contribution < 1.29 is 0 Å². The summed E-state index contributed by atoms with van der Waals surface area (Å²) in [4.78, 5) is 4.02. The van der Waals surface area contributed by atoms with E-state index < -0.39 is 0 Å². The highest BCUT2D eigenvalue weighted by Gasteiger charge is 2.17. The van der Waals surface area contributed by atoms with Crippen molar-refractivity contribution >= 4 is 21.4 Å². The average Bonchev–Trinajstić information content (AvgIpc) is 3.06. The third-order valence-corrected chi connectivity index (χ3v) is 5.44. The first-order valence-electron chi connectivity index (χ1n) is 7.69. The minimum absolute atomic E-state index is 0.435. The van der Waals surface area contributed by atoms with Crippen LogP contribution in [0.2, 0.25) is 0 Å². The van der Waals surface area contributed by atoms with Gasteiger partial charge in [0.05, 0.1) is 0 Å². The number of nitrogens with one attached hydrogen (secondary N) is 1. The van der Waals surface area contributed by atoms with Gasteiger partial charge in [0.25, 0.3) is 0 Å². The Kier molecular flexibility index (Phi) is 4.39. The molecule has 0 spiro atoms. The molecule has 1 aromatic carbocycles. The molecule has 1 aliphatic rings. The summed E-state index contributed by atoms with van der Waals surface area (Å²) in [5.74, 6) is 0. The van der Waals surface area contributed by atoms with Crippen molar-refractivity contribution in [1.29, 1.82) is 0 Å². The molecule has 0 bridgehead atoms. The average molecular weight is 288 g/mol. The monoisotopic (exact) mass is 288 g/mol. The fourth-order valence-corrected chi connectivity index (χ4v) is 4.21. The maximum Gasteiger partial charge on any atom is 0.0389 e. The van der Waals surface area contributed by atoms with E-state index in [-0.39, 0.29) is 0 Å². The van der Waals surface area contributed by atoms with Crippen molar-refractivity contribution in [3.8, 4) is 0 Å². The van der Waals surface area contributed by atoms with Crippen LogP contribution in [0.4, 0.5) is 0 Å². The summed E-state index contributed by atoms with van der Waals surface area (Å²) in [6.45, 7) is 8.33. The molecule has 2 unspecified atom stereocenters. The fourth-order valence-electron chi connectivity index (χ4n) is 3.13. The van der Waals surface area contributed by atoms with Crippen LogP contribution in [0.5, 0.6) is 0 Å². The van der Waals surface area contributed by atoms with Gasteiger partial charge >= 0.3 is 0 Å². The van der Waals surface area contributed by atoms with E-state index in [9.17, 15) is 0 Å². The Hall–Kier alpha value is -0.900. The summed E-state index contributed by atoms with van der Waals surface area (Å²) in [5, 5.41) is 5.12. The SMILES string of the molecule is CC(CN1CCCC1)NC(C)c1cc2ccccc2s1. The Morgan fingerprint density at radius 3 is 2.70 bits per heavy atom. The lowest BCUT2D eigenvalue weighted by Crippen LogP contribution is -2.38. The molecule has 1 aromatic heterocycles. The summed E-state index contributed by atoms with van der Waals surface area (Å²) < 4.78 is 1.39. The third-order valence-electron chi connectivity index (χ3n) is 4.14. The first-order valence-corrected chi connectivity index (χ1v) is 8.51. The molecule has 0 saturated carbocycles. The van der Waals surface area contributed by atoms with Gasteiger partial charge < -0.3 is 10.2 Å². The van der Waals surface area contributed by atoms with E-state index in [1.54, 1.807) is 0 Å². The molecule has 2 heterocycles. The van der Waals surface area contributed by atoms with Crippen molar-refractivity contribution in [2.24, 2.45) is 0 Å². The van der Waals surface area contributed by atoms with Gasteiger partial charge in [-0.2, -0.15) is 0 Å². The molecule has 0 aliphatic carbocycles. The quantitative estimate of drug-likeness (QED) is 0.893. The fraction of sp³-hybridized carbons (Fsp3) is 0.529. The topological polar surface area (TPSA) is 15.3 Å². The molecular weight excluding hydrogens is 264 g/mol. The molecule has 2 aromatic rings. The summed E-state index contributed by atoms with van der Waals surface area (Å²) in [6, 6.07) is 12.0. The molecule has 1 aliphatic heterocycles. The molecule has 0 radical (unpaired) electrons. The number of rotatable bonds is 5. The number of benzene rings is 1. The van der Waals surface area contributed by atoms with E-state index in [4.69, 9.17) is 0 Å². The summed E-state index contributed by atoms with van der Waals surface area (Å²) >= 11 is 1.91. The second-order valence-electron chi connectivity index (χ2n) is 5.98. The van der Waals surface area contributed by atoms with E-state index in [2.05, 4.69) is 54.4 Å². The van der Waals surface area contributed by atoms with E-state index in [0.29, 0.717) is 12.1 Å². The molecule has 1 fully saturated rings. The van der Waals surface area contributed by atoms with Gasteiger partial charge in [-0.25, -0.2) is 0 Å². The molecule has 2 atom stereocenters. The zero-order valence-electron chi connectivity index (χ0n) is 12.4. The number of hydrogen-bond donors (Lipinski definition) is 1. The number of thiophene rings is 1. The maximum atomic E-state index is 3.75. The largest absolute Gasteiger partial charge is 0.306 e. The van der Waals surface area contributed by atoms with Crippen LogP contribution in [-0.4, -0.2) is 30.6 Å². The Balaban J connectivity index is 1.61. The maximum absolute atomic E-state index is 3.75. The lowest BCUT2D eigenvalue weighted by Gasteiger charge is -2.24. The summed E-state index contributed by atoms with van der Waals surface area (Å²) in [7, 11) is 0. The van der Waals surface area contributed by atoms with E-state index in [0.717, 1.165) is 0 Å². The number of likely N-dealkylation sites (tertiary alicyclic amines) is 1. The third kappa shape index (κ3) is 3.22. The molecule has 3 heteroatoms. The van der Waals surface area contributed by atoms with Gasteiger partial charge in [-0.05, 0) is 57.3 Å². The smallest absolute Gasteiger partial charge is 0.0389 e. The first-order chi connectivity index (χ1) is 9.72. The Morgan fingerprint density at radius 1 is 1.20 bits per heavy atom. The molecule has 2 nitrogen and oxygen atoms in total. The van der Waals surface area contributed by atoms with Crippen LogP contribution in [0.25, 0.3) is 10.1 Å². The van der Waals surface area contributed by atoms with Gasteiger partial charge in [0.2, 0.25) is 0 Å². The van der Waals surface area contributed by atoms with Gasteiger partial charge in [0.15, 0.2) is 0 Å². The zero-order valence-corrected chi connectivity index (χ0v) is 13.2. The molecule has 3 rings (SSSR count). The van der Waals surface area contributed by atoms with Crippen molar-refractivity contribution in [2.45, 2.75) is 38.8 Å². The molecule has 108 valence electrons. The van der Waals surface area contributed by atoms with Crippen LogP contribution in [0.3, 0.4) is 0 Å². The lowest BCUT2D eigenvalue weighted by molar-refractivity contribution is 0.290. The second-order valence-corrected chi connectivity index (χ2v) is 7.10. The highest BCUT2D eigenvalue weighted by molar-refractivity contribution is 7.19. The van der Waals surface area contributed by atoms with Crippen LogP contribution in [0.15, 0.2) is 30.3 Å². The number of nitrogens with zero attached hydrogens (tertiary/aromatic N) is 1.